The van der Waals surface area contributed by atoms with Crippen molar-refractivity contribution < 1.29 is 39.2 Å². The summed E-state index contributed by atoms with van der Waals surface area (Å²) in [4.78, 5) is 38.1. The Balaban J connectivity index is 2.14. The number of carbonyl (C=O) groups is 3. The van der Waals surface area contributed by atoms with Gasteiger partial charge in [0.05, 0.1) is 31.1 Å². The van der Waals surface area contributed by atoms with E-state index >= 15 is 0 Å². The summed E-state index contributed by atoms with van der Waals surface area (Å²) >= 11 is 1.31. The fourth-order valence-corrected chi connectivity index (χ4v) is 5.70. The highest BCUT2D eigenvalue weighted by Gasteiger charge is 2.57. The molecule has 4 atom stereocenters. The van der Waals surface area contributed by atoms with Gasteiger partial charge < -0.3 is 24.8 Å². The van der Waals surface area contributed by atoms with Crippen LogP contribution in [0.25, 0.3) is 0 Å². The average molecular weight is 424 g/mol. The summed E-state index contributed by atoms with van der Waals surface area (Å²) in [5.74, 6) is -4.18. The van der Waals surface area contributed by atoms with E-state index in [1.54, 1.807) is 6.92 Å². The smallest absolute Gasteiger partial charge is 0.339 e. The summed E-state index contributed by atoms with van der Waals surface area (Å²) in [5, 5.41) is 30.9. The van der Waals surface area contributed by atoms with Crippen LogP contribution in [-0.4, -0.2) is 62.9 Å². The van der Waals surface area contributed by atoms with Crippen LogP contribution in [0.15, 0.2) is 12.1 Å². The van der Waals surface area contributed by atoms with Gasteiger partial charge in [-0.1, -0.05) is 0 Å². The molecule has 4 unspecified atom stereocenters. The number of aromatic hydroxyl groups is 2. The second-order valence-corrected chi connectivity index (χ2v) is 8.74. The van der Waals surface area contributed by atoms with E-state index in [1.807, 2.05) is 0 Å². The molecule has 1 aromatic rings. The first-order valence-electron chi connectivity index (χ1n) is 9.38. The molecule has 1 aromatic carbocycles. The van der Waals surface area contributed by atoms with E-state index in [-0.39, 0.29) is 40.4 Å². The Morgan fingerprint density at radius 1 is 1.28 bits per heavy atom. The van der Waals surface area contributed by atoms with E-state index in [1.165, 1.54) is 17.8 Å². The minimum atomic E-state index is -2.04. The molecule has 2 aliphatic heterocycles. The van der Waals surface area contributed by atoms with Crippen LogP contribution in [0.3, 0.4) is 0 Å². The topological polar surface area (TPSA) is 130 Å². The summed E-state index contributed by atoms with van der Waals surface area (Å²) in [6, 6.07) is 2.20. The van der Waals surface area contributed by atoms with Gasteiger partial charge in [-0.05, 0) is 37.8 Å². The zero-order chi connectivity index (χ0) is 21.3. The van der Waals surface area contributed by atoms with Crippen molar-refractivity contribution in [2.24, 2.45) is 5.92 Å². The molecule has 0 saturated carbocycles. The van der Waals surface area contributed by atoms with Crippen LogP contribution < -0.4 is 0 Å². The lowest BCUT2D eigenvalue weighted by Crippen LogP contribution is -2.51. The number of carbonyl (C=O) groups excluding carboxylic acids is 3. The molecule has 158 valence electrons. The number of ketones is 1. The zero-order valence-corrected chi connectivity index (χ0v) is 17.0. The van der Waals surface area contributed by atoms with Crippen LogP contribution in [0.4, 0.5) is 0 Å². The lowest BCUT2D eigenvalue weighted by atomic mass is 9.78. The van der Waals surface area contributed by atoms with Gasteiger partial charge in [0.15, 0.2) is 11.4 Å². The number of esters is 2. The number of aliphatic hydroxyl groups is 1. The molecule has 0 spiro atoms. The van der Waals surface area contributed by atoms with Crippen molar-refractivity contribution in [1.29, 1.82) is 0 Å². The van der Waals surface area contributed by atoms with Crippen LogP contribution in [0, 0.1) is 5.92 Å². The third-order valence-electron chi connectivity index (χ3n) is 5.42. The van der Waals surface area contributed by atoms with Crippen molar-refractivity contribution in [3.63, 3.8) is 0 Å². The van der Waals surface area contributed by atoms with Gasteiger partial charge in [0.2, 0.25) is 0 Å². The molecule has 2 aliphatic rings. The van der Waals surface area contributed by atoms with Crippen molar-refractivity contribution >= 4 is 29.5 Å². The van der Waals surface area contributed by atoms with Gasteiger partial charge in [0, 0.05) is 17.1 Å². The predicted molar refractivity (Wildman–Crippen MR) is 104 cm³/mol. The summed E-state index contributed by atoms with van der Waals surface area (Å²) in [6.07, 6.45) is 1.02. The van der Waals surface area contributed by atoms with E-state index in [0.29, 0.717) is 19.3 Å². The number of fused-ring (bicyclic) bond motifs is 2. The van der Waals surface area contributed by atoms with Gasteiger partial charge in [-0.15, -0.1) is 0 Å². The Morgan fingerprint density at radius 2 is 2.00 bits per heavy atom. The third-order valence-corrected chi connectivity index (χ3v) is 6.96. The zero-order valence-electron chi connectivity index (χ0n) is 16.2. The molecule has 0 radical (unpaired) electrons. The predicted octanol–water partition coefficient (Wildman–Crippen LogP) is 1.57. The van der Waals surface area contributed by atoms with E-state index in [4.69, 9.17) is 9.47 Å². The van der Waals surface area contributed by atoms with E-state index in [2.05, 4.69) is 0 Å². The van der Waals surface area contributed by atoms with Crippen molar-refractivity contribution in [1.82, 2.24) is 0 Å². The maximum Gasteiger partial charge on any atom is 0.339 e. The Labute approximate surface area is 172 Å². The SMILES string of the molecule is COC(=O)C1(O)CSC2CCCC(C)OC(=O)Cc3cc(O)cc(O)c3C(=O)C21. The van der Waals surface area contributed by atoms with Gasteiger partial charge >= 0.3 is 11.9 Å². The van der Waals surface area contributed by atoms with Crippen LogP contribution in [0.5, 0.6) is 11.5 Å². The molecule has 0 aliphatic carbocycles. The lowest BCUT2D eigenvalue weighted by molar-refractivity contribution is -0.163. The number of Topliss-reactive ketones (excluding diaryl/α,β-unsaturated/α-hetero) is 1. The molecule has 8 nitrogen and oxygen atoms in total. The highest BCUT2D eigenvalue weighted by Crippen LogP contribution is 2.46. The minimum absolute atomic E-state index is 0.0140. The molecule has 0 aromatic heterocycles. The molecule has 2 heterocycles. The maximum absolute atomic E-state index is 13.5. The van der Waals surface area contributed by atoms with Gasteiger partial charge in [-0.2, -0.15) is 11.8 Å². The molecule has 9 heteroatoms. The summed E-state index contributed by atoms with van der Waals surface area (Å²) in [6.45, 7) is 1.76. The molecular weight excluding hydrogens is 400 g/mol. The highest BCUT2D eigenvalue weighted by molar-refractivity contribution is 8.00. The van der Waals surface area contributed by atoms with Gasteiger partial charge in [0.25, 0.3) is 0 Å². The van der Waals surface area contributed by atoms with Crippen LogP contribution in [0.2, 0.25) is 0 Å². The lowest BCUT2D eigenvalue weighted by Gasteiger charge is -2.29. The van der Waals surface area contributed by atoms with Gasteiger partial charge in [-0.25, -0.2) is 4.79 Å². The summed E-state index contributed by atoms with van der Waals surface area (Å²) in [7, 11) is 1.14. The normalized spacial score (nSPS) is 30.4. The number of hydrogen-bond acceptors (Lipinski definition) is 9. The van der Waals surface area contributed by atoms with E-state index in [9.17, 15) is 29.7 Å². The van der Waals surface area contributed by atoms with Crippen LogP contribution in [-0.2, 0) is 25.5 Å². The first kappa shape index (κ1) is 21.4. The summed E-state index contributed by atoms with van der Waals surface area (Å²) < 4.78 is 10.1. The van der Waals surface area contributed by atoms with E-state index < -0.39 is 35.0 Å². The van der Waals surface area contributed by atoms with Crippen LogP contribution >= 0.6 is 11.8 Å². The average Bonchev–Trinajstić information content (AvgIpc) is 2.96. The number of cyclic esters (lactones) is 1. The van der Waals surface area contributed by atoms with Gasteiger partial charge in [0.1, 0.15) is 11.5 Å². The van der Waals surface area contributed by atoms with Crippen LogP contribution in [0.1, 0.15) is 42.1 Å². The number of hydrogen-bond donors (Lipinski definition) is 3. The number of methoxy groups -OCH3 is 1. The number of thioether (sulfide) groups is 1. The molecular formula is C20H24O8S. The van der Waals surface area contributed by atoms with Crippen molar-refractivity contribution in [3.05, 3.63) is 23.3 Å². The number of benzene rings is 1. The quantitative estimate of drug-likeness (QED) is 0.575. The Kier molecular flexibility index (Phi) is 6.09. The molecule has 1 fully saturated rings. The van der Waals surface area contributed by atoms with Crippen molar-refractivity contribution in [3.8, 4) is 11.5 Å². The largest absolute Gasteiger partial charge is 0.508 e. The molecule has 0 bridgehead atoms. The second-order valence-electron chi connectivity index (χ2n) is 7.51. The monoisotopic (exact) mass is 424 g/mol. The van der Waals surface area contributed by atoms with E-state index in [0.717, 1.165) is 13.2 Å². The molecule has 3 N–H and O–H groups in total. The standard InChI is InChI=1S/C20H24O8S/c1-10-4-3-5-14-17(20(26,9-29-14)19(25)27-2)18(24)16-11(7-15(23)28-10)6-12(21)8-13(16)22/h6,8,10,14,17,21-22,26H,3-5,7,9H2,1-2H3. The highest BCUT2D eigenvalue weighted by atomic mass is 32.2. The maximum atomic E-state index is 13.5. The first-order chi connectivity index (χ1) is 13.7. The van der Waals surface area contributed by atoms with Gasteiger partial charge in [-0.3, -0.25) is 9.59 Å². The minimum Gasteiger partial charge on any atom is -0.508 e. The summed E-state index contributed by atoms with van der Waals surface area (Å²) in [5.41, 5.74) is -2.17. The Morgan fingerprint density at radius 3 is 2.69 bits per heavy atom. The number of phenols is 2. The fourth-order valence-electron chi connectivity index (χ4n) is 4.06. The van der Waals surface area contributed by atoms with Crippen molar-refractivity contribution in [2.75, 3.05) is 12.9 Å². The fraction of sp³-hybridized carbons (Fsp3) is 0.550. The molecule has 29 heavy (non-hydrogen) atoms. The Hall–Kier alpha value is -2.26. The number of ether oxygens (including phenoxy) is 2. The third kappa shape index (κ3) is 4.06. The number of phenolic OH excluding ortho intramolecular Hbond substituents is 2. The van der Waals surface area contributed by atoms with Crippen molar-refractivity contribution in [2.45, 2.75) is 49.6 Å². The number of rotatable bonds is 1. The molecule has 0 amide bonds. The Bertz CT molecular complexity index is 838. The molecule has 1 saturated heterocycles. The first-order valence-corrected chi connectivity index (χ1v) is 10.4. The molecule has 3 rings (SSSR count). The second kappa shape index (κ2) is 8.23.